The third-order valence-electron chi connectivity index (χ3n) is 3.42. The fraction of sp³-hybridized carbons (Fsp3) is 0.294. The average molecular weight is 272 g/mol. The monoisotopic (exact) mass is 272 g/mol. The zero-order valence-corrected chi connectivity index (χ0v) is 11.4. The van der Waals surface area contributed by atoms with Gasteiger partial charge in [0.15, 0.2) is 11.5 Å². The Morgan fingerprint density at radius 1 is 0.750 bits per heavy atom. The van der Waals surface area contributed by atoms with E-state index in [0.717, 1.165) is 18.4 Å². The number of aliphatic hydroxyl groups excluding tert-OH is 1. The van der Waals surface area contributed by atoms with Crippen molar-refractivity contribution < 1.29 is 15.3 Å². The van der Waals surface area contributed by atoms with E-state index in [-0.39, 0.29) is 17.6 Å². The molecule has 0 aromatic heterocycles. The molecule has 0 spiro atoms. The predicted molar refractivity (Wildman–Crippen MR) is 78.9 cm³/mol. The Morgan fingerprint density at radius 3 is 2.05 bits per heavy atom. The molecule has 3 nitrogen and oxygen atoms in total. The highest BCUT2D eigenvalue weighted by Gasteiger charge is 2.07. The zero-order valence-electron chi connectivity index (χ0n) is 11.4. The predicted octanol–water partition coefficient (Wildman–Crippen LogP) is 3.02. The van der Waals surface area contributed by atoms with Crippen molar-refractivity contribution >= 4 is 0 Å². The summed E-state index contributed by atoms with van der Waals surface area (Å²) >= 11 is 0. The van der Waals surface area contributed by atoms with E-state index >= 15 is 0 Å². The van der Waals surface area contributed by atoms with Crippen LogP contribution in [0.1, 0.15) is 24.0 Å². The molecule has 0 aliphatic carbocycles. The quantitative estimate of drug-likeness (QED) is 0.708. The van der Waals surface area contributed by atoms with Crippen LogP contribution in [0.2, 0.25) is 0 Å². The van der Waals surface area contributed by atoms with Crippen LogP contribution in [0, 0.1) is 0 Å². The second-order valence-electron chi connectivity index (χ2n) is 5.04. The van der Waals surface area contributed by atoms with Crippen LogP contribution in [0.3, 0.4) is 0 Å². The molecular weight excluding hydrogens is 252 g/mol. The molecule has 0 amide bonds. The molecule has 1 atom stereocenters. The summed E-state index contributed by atoms with van der Waals surface area (Å²) in [6, 6.07) is 14.9. The van der Waals surface area contributed by atoms with Gasteiger partial charge in [-0.05, 0) is 48.9 Å². The number of rotatable bonds is 6. The summed E-state index contributed by atoms with van der Waals surface area (Å²) in [6.07, 6.45) is 2.57. The summed E-state index contributed by atoms with van der Waals surface area (Å²) in [5.74, 6) is -0.223. The van der Waals surface area contributed by atoms with Crippen molar-refractivity contribution in [2.75, 3.05) is 0 Å². The van der Waals surface area contributed by atoms with Gasteiger partial charge in [0, 0.05) is 0 Å². The first-order chi connectivity index (χ1) is 9.65. The standard InChI is InChI=1S/C17H20O3/c18-15(9-6-13-4-2-1-3-5-13)10-7-14-8-11-16(19)17(20)12-14/h1-5,8,11-12,15,18-20H,6-7,9-10H2. The molecule has 2 aromatic carbocycles. The third-order valence-corrected chi connectivity index (χ3v) is 3.42. The minimum Gasteiger partial charge on any atom is -0.504 e. The van der Waals surface area contributed by atoms with E-state index in [0.29, 0.717) is 12.8 Å². The number of phenols is 2. The first-order valence-electron chi connectivity index (χ1n) is 6.88. The smallest absolute Gasteiger partial charge is 0.157 e. The summed E-state index contributed by atoms with van der Waals surface area (Å²) in [7, 11) is 0. The molecule has 0 saturated carbocycles. The second-order valence-corrected chi connectivity index (χ2v) is 5.04. The van der Waals surface area contributed by atoms with Crippen LogP contribution in [-0.2, 0) is 12.8 Å². The molecule has 0 radical (unpaired) electrons. The Morgan fingerprint density at radius 2 is 1.40 bits per heavy atom. The fourth-order valence-electron chi connectivity index (χ4n) is 2.18. The molecule has 0 heterocycles. The van der Waals surface area contributed by atoms with Crippen molar-refractivity contribution in [1.29, 1.82) is 0 Å². The number of aliphatic hydroxyl groups is 1. The second kappa shape index (κ2) is 6.96. The van der Waals surface area contributed by atoms with Crippen LogP contribution in [0.4, 0.5) is 0 Å². The molecule has 106 valence electrons. The first-order valence-corrected chi connectivity index (χ1v) is 6.88. The van der Waals surface area contributed by atoms with Crippen molar-refractivity contribution in [3.63, 3.8) is 0 Å². The number of aromatic hydroxyl groups is 2. The van der Waals surface area contributed by atoms with Crippen LogP contribution in [0.5, 0.6) is 11.5 Å². The van der Waals surface area contributed by atoms with Gasteiger partial charge in [0.1, 0.15) is 0 Å². The Bertz CT molecular complexity index is 537. The van der Waals surface area contributed by atoms with Gasteiger partial charge in [0.25, 0.3) is 0 Å². The van der Waals surface area contributed by atoms with Gasteiger partial charge in [-0.25, -0.2) is 0 Å². The third kappa shape index (κ3) is 4.28. The molecule has 0 aliphatic heterocycles. The van der Waals surface area contributed by atoms with Gasteiger partial charge in [-0.15, -0.1) is 0 Å². The average Bonchev–Trinajstić information content (AvgIpc) is 2.47. The van der Waals surface area contributed by atoms with Crippen LogP contribution < -0.4 is 0 Å². The van der Waals surface area contributed by atoms with Crippen LogP contribution in [0.25, 0.3) is 0 Å². The molecule has 20 heavy (non-hydrogen) atoms. The SMILES string of the molecule is Oc1ccc(CCC(O)CCc2ccccc2)cc1O. The summed E-state index contributed by atoms with van der Waals surface area (Å²) in [6.45, 7) is 0. The van der Waals surface area contributed by atoms with Crippen molar-refractivity contribution in [3.05, 3.63) is 59.7 Å². The van der Waals surface area contributed by atoms with Gasteiger partial charge in [0.2, 0.25) is 0 Å². The summed E-state index contributed by atoms with van der Waals surface area (Å²) < 4.78 is 0. The molecular formula is C17H20O3. The lowest BCUT2D eigenvalue weighted by Crippen LogP contribution is -2.09. The Balaban J connectivity index is 1.77. The van der Waals surface area contributed by atoms with Crippen LogP contribution in [0.15, 0.2) is 48.5 Å². The summed E-state index contributed by atoms with van der Waals surface area (Å²) in [5, 5.41) is 28.6. The van der Waals surface area contributed by atoms with E-state index in [9.17, 15) is 15.3 Å². The highest BCUT2D eigenvalue weighted by atomic mass is 16.3. The van der Waals surface area contributed by atoms with Gasteiger partial charge in [-0.1, -0.05) is 36.4 Å². The van der Waals surface area contributed by atoms with E-state index in [1.54, 1.807) is 12.1 Å². The van der Waals surface area contributed by atoms with Crippen molar-refractivity contribution in [2.24, 2.45) is 0 Å². The van der Waals surface area contributed by atoms with Crippen molar-refractivity contribution in [2.45, 2.75) is 31.8 Å². The number of hydrogen-bond donors (Lipinski definition) is 3. The molecule has 2 aromatic rings. The number of benzene rings is 2. The first kappa shape index (κ1) is 14.4. The van der Waals surface area contributed by atoms with Crippen molar-refractivity contribution in [1.82, 2.24) is 0 Å². The Kier molecular flexibility index (Phi) is 5.02. The topological polar surface area (TPSA) is 60.7 Å². The molecule has 3 N–H and O–H groups in total. The zero-order chi connectivity index (χ0) is 14.4. The lowest BCUT2D eigenvalue weighted by atomic mass is 10.0. The highest BCUT2D eigenvalue weighted by molar-refractivity contribution is 5.40. The molecule has 0 aliphatic rings. The largest absolute Gasteiger partial charge is 0.504 e. The summed E-state index contributed by atoms with van der Waals surface area (Å²) in [4.78, 5) is 0. The number of phenolic OH excluding ortho intramolecular Hbond substituents is 2. The maximum Gasteiger partial charge on any atom is 0.157 e. The van der Waals surface area contributed by atoms with E-state index in [2.05, 4.69) is 12.1 Å². The van der Waals surface area contributed by atoms with Gasteiger partial charge < -0.3 is 15.3 Å². The Hall–Kier alpha value is -2.00. The van der Waals surface area contributed by atoms with Crippen molar-refractivity contribution in [3.8, 4) is 11.5 Å². The minimum absolute atomic E-state index is 0.110. The fourth-order valence-corrected chi connectivity index (χ4v) is 2.18. The normalized spacial score (nSPS) is 12.2. The molecule has 0 fully saturated rings. The lowest BCUT2D eigenvalue weighted by Gasteiger charge is -2.11. The van der Waals surface area contributed by atoms with Crippen LogP contribution >= 0.6 is 0 Å². The van der Waals surface area contributed by atoms with E-state index in [1.807, 2.05) is 18.2 Å². The van der Waals surface area contributed by atoms with Gasteiger partial charge >= 0.3 is 0 Å². The minimum atomic E-state index is -0.355. The Labute approximate surface area is 119 Å². The molecule has 1 unspecified atom stereocenters. The van der Waals surface area contributed by atoms with E-state index in [1.165, 1.54) is 11.6 Å². The van der Waals surface area contributed by atoms with Gasteiger partial charge in [-0.2, -0.15) is 0 Å². The van der Waals surface area contributed by atoms with Gasteiger partial charge in [0.05, 0.1) is 6.10 Å². The lowest BCUT2D eigenvalue weighted by molar-refractivity contribution is 0.155. The molecule has 2 rings (SSSR count). The van der Waals surface area contributed by atoms with Gasteiger partial charge in [-0.3, -0.25) is 0 Å². The molecule has 0 saturated heterocycles. The molecule has 0 bridgehead atoms. The molecule has 3 heteroatoms. The highest BCUT2D eigenvalue weighted by Crippen LogP contribution is 2.25. The van der Waals surface area contributed by atoms with Crippen LogP contribution in [-0.4, -0.2) is 21.4 Å². The number of hydrogen-bond acceptors (Lipinski definition) is 3. The van der Waals surface area contributed by atoms with E-state index in [4.69, 9.17) is 0 Å². The maximum atomic E-state index is 9.98. The summed E-state index contributed by atoms with van der Waals surface area (Å²) in [5.41, 5.74) is 2.15. The maximum absolute atomic E-state index is 9.98. The number of aryl methyl sites for hydroxylation is 2. The van der Waals surface area contributed by atoms with E-state index < -0.39 is 0 Å².